The SMILES string of the molecule is C=C(C)CNC(N)=NCC(O)COCC1CC1. The van der Waals surface area contributed by atoms with E-state index in [9.17, 15) is 5.11 Å². The van der Waals surface area contributed by atoms with Crippen LogP contribution >= 0.6 is 0 Å². The molecule has 0 spiro atoms. The molecule has 1 unspecified atom stereocenters. The van der Waals surface area contributed by atoms with Gasteiger partial charge in [-0.2, -0.15) is 0 Å². The van der Waals surface area contributed by atoms with Crippen LogP contribution < -0.4 is 11.1 Å². The molecule has 0 bridgehead atoms. The summed E-state index contributed by atoms with van der Waals surface area (Å²) in [7, 11) is 0. The minimum Gasteiger partial charge on any atom is -0.389 e. The molecule has 0 amide bonds. The summed E-state index contributed by atoms with van der Waals surface area (Å²) in [6.45, 7) is 7.59. The fourth-order valence-electron chi connectivity index (χ4n) is 1.21. The molecule has 0 aromatic heterocycles. The van der Waals surface area contributed by atoms with Crippen LogP contribution in [-0.4, -0.2) is 43.5 Å². The molecule has 1 aliphatic carbocycles. The number of rotatable bonds is 8. The van der Waals surface area contributed by atoms with Crippen LogP contribution in [0.15, 0.2) is 17.1 Å². The zero-order chi connectivity index (χ0) is 12.7. The molecular formula is C12H23N3O2. The third-order valence-corrected chi connectivity index (χ3v) is 2.40. The van der Waals surface area contributed by atoms with Crippen molar-refractivity contribution in [1.82, 2.24) is 5.32 Å². The first kappa shape index (κ1) is 14.0. The molecule has 1 aliphatic rings. The van der Waals surface area contributed by atoms with E-state index in [0.29, 0.717) is 25.0 Å². The van der Waals surface area contributed by atoms with Crippen molar-refractivity contribution in [3.8, 4) is 0 Å². The van der Waals surface area contributed by atoms with Crippen molar-refractivity contribution in [3.05, 3.63) is 12.2 Å². The van der Waals surface area contributed by atoms with Gasteiger partial charge in [0.05, 0.1) is 19.3 Å². The Kier molecular flexibility index (Phi) is 6.00. The maximum absolute atomic E-state index is 9.58. The zero-order valence-electron chi connectivity index (χ0n) is 10.5. The lowest BCUT2D eigenvalue weighted by Gasteiger charge is -2.10. The van der Waals surface area contributed by atoms with E-state index in [-0.39, 0.29) is 6.54 Å². The van der Waals surface area contributed by atoms with E-state index in [1.807, 2.05) is 6.92 Å². The predicted octanol–water partition coefficient (Wildman–Crippen LogP) is 0.254. The van der Waals surface area contributed by atoms with Gasteiger partial charge in [-0.1, -0.05) is 12.2 Å². The highest BCUT2D eigenvalue weighted by Crippen LogP contribution is 2.28. The smallest absolute Gasteiger partial charge is 0.188 e. The van der Waals surface area contributed by atoms with Crippen LogP contribution in [0.3, 0.4) is 0 Å². The maximum atomic E-state index is 9.58. The Morgan fingerprint density at radius 2 is 2.35 bits per heavy atom. The van der Waals surface area contributed by atoms with Gasteiger partial charge < -0.3 is 20.9 Å². The fraction of sp³-hybridized carbons (Fsp3) is 0.750. The van der Waals surface area contributed by atoms with Crippen molar-refractivity contribution in [2.24, 2.45) is 16.6 Å². The Labute approximate surface area is 103 Å². The topological polar surface area (TPSA) is 79.9 Å². The van der Waals surface area contributed by atoms with Crippen molar-refractivity contribution in [2.75, 3.05) is 26.3 Å². The summed E-state index contributed by atoms with van der Waals surface area (Å²) in [4.78, 5) is 4.02. The highest BCUT2D eigenvalue weighted by atomic mass is 16.5. The molecule has 0 heterocycles. The molecule has 0 aromatic rings. The quantitative estimate of drug-likeness (QED) is 0.323. The number of aliphatic imine (C=N–C) groups is 1. The fourth-order valence-corrected chi connectivity index (χ4v) is 1.21. The minimum atomic E-state index is -0.584. The first-order valence-corrected chi connectivity index (χ1v) is 6.02. The summed E-state index contributed by atoms with van der Waals surface area (Å²) in [5.74, 6) is 1.04. The molecule has 17 heavy (non-hydrogen) atoms. The van der Waals surface area contributed by atoms with Gasteiger partial charge in [-0.05, 0) is 25.7 Å². The van der Waals surface area contributed by atoms with Gasteiger partial charge in [0.2, 0.25) is 0 Å². The van der Waals surface area contributed by atoms with Crippen molar-refractivity contribution in [3.63, 3.8) is 0 Å². The van der Waals surface area contributed by atoms with Gasteiger partial charge in [-0.15, -0.1) is 0 Å². The van der Waals surface area contributed by atoms with Crippen molar-refractivity contribution in [1.29, 1.82) is 0 Å². The van der Waals surface area contributed by atoms with E-state index >= 15 is 0 Å². The van der Waals surface area contributed by atoms with Crippen LogP contribution in [0.2, 0.25) is 0 Å². The Morgan fingerprint density at radius 3 is 2.94 bits per heavy atom. The van der Waals surface area contributed by atoms with Crippen LogP contribution in [0.25, 0.3) is 0 Å². The molecule has 1 fully saturated rings. The van der Waals surface area contributed by atoms with Crippen molar-refractivity contribution in [2.45, 2.75) is 25.9 Å². The average molecular weight is 241 g/mol. The Balaban J connectivity index is 2.04. The lowest BCUT2D eigenvalue weighted by Crippen LogP contribution is -2.34. The molecule has 0 radical (unpaired) electrons. The number of hydrogen-bond acceptors (Lipinski definition) is 3. The molecule has 5 nitrogen and oxygen atoms in total. The molecule has 1 rings (SSSR count). The van der Waals surface area contributed by atoms with E-state index in [1.165, 1.54) is 12.8 Å². The second-order valence-electron chi connectivity index (χ2n) is 4.67. The molecular weight excluding hydrogens is 218 g/mol. The minimum absolute atomic E-state index is 0.264. The molecule has 5 heteroatoms. The molecule has 1 saturated carbocycles. The summed E-state index contributed by atoms with van der Waals surface area (Å²) < 4.78 is 5.36. The van der Waals surface area contributed by atoms with E-state index in [0.717, 1.165) is 12.2 Å². The van der Waals surface area contributed by atoms with Gasteiger partial charge in [-0.25, -0.2) is 0 Å². The number of nitrogens with two attached hydrogens (primary N) is 1. The summed E-state index contributed by atoms with van der Waals surface area (Å²) >= 11 is 0. The number of nitrogens with one attached hydrogen (secondary N) is 1. The van der Waals surface area contributed by atoms with Crippen LogP contribution in [0, 0.1) is 5.92 Å². The van der Waals surface area contributed by atoms with Gasteiger partial charge in [-0.3, -0.25) is 4.99 Å². The van der Waals surface area contributed by atoms with E-state index in [2.05, 4.69) is 16.9 Å². The molecule has 1 atom stereocenters. The van der Waals surface area contributed by atoms with Crippen molar-refractivity contribution >= 4 is 5.96 Å². The molecule has 0 aliphatic heterocycles. The first-order valence-electron chi connectivity index (χ1n) is 6.02. The highest BCUT2D eigenvalue weighted by Gasteiger charge is 2.21. The van der Waals surface area contributed by atoms with Gasteiger partial charge in [0.15, 0.2) is 5.96 Å². The first-order chi connectivity index (χ1) is 8.08. The van der Waals surface area contributed by atoms with Crippen LogP contribution in [-0.2, 0) is 4.74 Å². The van der Waals surface area contributed by atoms with E-state index in [4.69, 9.17) is 10.5 Å². The second kappa shape index (κ2) is 7.29. The van der Waals surface area contributed by atoms with Crippen LogP contribution in [0.1, 0.15) is 19.8 Å². The summed E-state index contributed by atoms with van der Waals surface area (Å²) in [6.07, 6.45) is 1.93. The number of ether oxygens (including phenoxy) is 1. The summed E-state index contributed by atoms with van der Waals surface area (Å²) in [6, 6.07) is 0. The van der Waals surface area contributed by atoms with Gasteiger partial charge in [0, 0.05) is 13.2 Å². The van der Waals surface area contributed by atoms with Gasteiger partial charge in [0.25, 0.3) is 0 Å². The van der Waals surface area contributed by atoms with E-state index in [1.54, 1.807) is 0 Å². The largest absolute Gasteiger partial charge is 0.389 e. The number of guanidine groups is 1. The lowest BCUT2D eigenvalue weighted by atomic mass is 10.3. The predicted molar refractivity (Wildman–Crippen MR) is 68.9 cm³/mol. The molecule has 0 aromatic carbocycles. The summed E-state index contributed by atoms with van der Waals surface area (Å²) in [5.41, 5.74) is 6.59. The number of aliphatic hydroxyl groups excluding tert-OH is 1. The average Bonchev–Trinajstić information content (AvgIpc) is 3.07. The number of aliphatic hydroxyl groups is 1. The Morgan fingerprint density at radius 1 is 1.65 bits per heavy atom. The third-order valence-electron chi connectivity index (χ3n) is 2.40. The standard InChI is InChI=1S/C12H23N3O2/c1-9(2)5-14-12(13)15-6-11(16)8-17-7-10-3-4-10/h10-11,16H,1,3-8H2,2H3,(H3,13,14,15). The van der Waals surface area contributed by atoms with Crippen LogP contribution in [0.5, 0.6) is 0 Å². The third kappa shape index (κ3) is 7.76. The molecule has 4 N–H and O–H groups in total. The normalized spacial score (nSPS) is 17.9. The second-order valence-corrected chi connectivity index (χ2v) is 4.67. The molecule has 0 saturated heterocycles. The Bertz CT molecular complexity index is 275. The van der Waals surface area contributed by atoms with Gasteiger partial charge in [0.1, 0.15) is 0 Å². The number of hydrogen-bond donors (Lipinski definition) is 3. The van der Waals surface area contributed by atoms with Gasteiger partial charge >= 0.3 is 0 Å². The van der Waals surface area contributed by atoms with Crippen LogP contribution in [0.4, 0.5) is 0 Å². The zero-order valence-corrected chi connectivity index (χ0v) is 10.5. The van der Waals surface area contributed by atoms with E-state index < -0.39 is 6.10 Å². The lowest BCUT2D eigenvalue weighted by molar-refractivity contribution is 0.0369. The Hall–Kier alpha value is -1.07. The highest BCUT2D eigenvalue weighted by molar-refractivity contribution is 5.78. The maximum Gasteiger partial charge on any atom is 0.188 e. The summed E-state index contributed by atoms with van der Waals surface area (Å²) in [5, 5.41) is 12.5. The van der Waals surface area contributed by atoms with Crippen molar-refractivity contribution < 1.29 is 9.84 Å². The molecule has 98 valence electrons. The number of nitrogens with zero attached hydrogens (tertiary/aromatic N) is 1. The monoisotopic (exact) mass is 241 g/mol.